The van der Waals surface area contributed by atoms with Gasteiger partial charge in [0, 0.05) is 42.5 Å². The second-order valence-electron chi connectivity index (χ2n) is 8.97. The zero-order chi connectivity index (χ0) is 25.5. The number of hydrogen-bond acceptors (Lipinski definition) is 7. The first-order chi connectivity index (χ1) is 18.0. The van der Waals surface area contributed by atoms with Gasteiger partial charge in [-0.3, -0.25) is 14.8 Å². The largest absolute Gasteiger partial charge is 0.489 e. The summed E-state index contributed by atoms with van der Waals surface area (Å²) in [7, 11) is 0. The third-order valence-electron chi connectivity index (χ3n) is 6.18. The number of amides is 1. The molecule has 2 fully saturated rings. The molecule has 1 aliphatic heterocycles. The summed E-state index contributed by atoms with van der Waals surface area (Å²) in [5.74, 6) is -2.23. The first-order valence-corrected chi connectivity index (χ1v) is 11.8. The molecule has 0 bridgehead atoms. The predicted molar refractivity (Wildman–Crippen MR) is 131 cm³/mol. The fourth-order valence-electron chi connectivity index (χ4n) is 4.07. The molecule has 2 aromatic heterocycles. The van der Waals surface area contributed by atoms with Gasteiger partial charge in [0.1, 0.15) is 28.9 Å². The van der Waals surface area contributed by atoms with Crippen molar-refractivity contribution in [2.45, 2.75) is 25.0 Å². The summed E-state index contributed by atoms with van der Waals surface area (Å²) in [5, 5.41) is 3.70. The molecular formula is C27H22F2N4O4. The average Bonchev–Trinajstić information content (AvgIpc) is 3.67. The molecule has 1 saturated carbocycles. The number of primary amides is 1. The van der Waals surface area contributed by atoms with Gasteiger partial charge in [-0.25, -0.2) is 8.78 Å². The number of fused-ring (bicyclic) bond motifs is 1. The highest BCUT2D eigenvalue weighted by Gasteiger charge is 2.28. The summed E-state index contributed by atoms with van der Waals surface area (Å²) in [6.45, 7) is 1.55. The summed E-state index contributed by atoms with van der Waals surface area (Å²) in [4.78, 5) is 20.7. The number of nitrogens with one attached hydrogen (secondary N) is 1. The van der Waals surface area contributed by atoms with E-state index in [0.29, 0.717) is 16.7 Å². The Balaban J connectivity index is 1.32. The van der Waals surface area contributed by atoms with Crippen LogP contribution < -0.4 is 25.3 Å². The van der Waals surface area contributed by atoms with Crippen LogP contribution in [0.5, 0.6) is 23.0 Å². The standard InChI is InChI=1S/C27H22F2N4O4/c28-19-9-14(25-24(27(30)34)23(6-8-33-25)36-15-1-2-15)10-20(29)26(19)37-22-5-7-32-21-11-16(3-4-18(21)22)35-17-12-31-13-17/h3-11,15,17,31H,1-2,12-13H2,(H2,30,34). The lowest BCUT2D eigenvalue weighted by Gasteiger charge is -2.27. The molecule has 8 nitrogen and oxygen atoms in total. The number of rotatable bonds is 8. The molecule has 4 aromatic rings. The van der Waals surface area contributed by atoms with Crippen molar-refractivity contribution >= 4 is 16.8 Å². The van der Waals surface area contributed by atoms with E-state index in [2.05, 4.69) is 15.3 Å². The molecule has 37 heavy (non-hydrogen) atoms. The minimum absolute atomic E-state index is 0.00867. The highest BCUT2D eigenvalue weighted by atomic mass is 19.1. The van der Waals surface area contributed by atoms with Crippen molar-refractivity contribution in [1.29, 1.82) is 0 Å². The van der Waals surface area contributed by atoms with E-state index in [1.165, 1.54) is 24.5 Å². The molecule has 2 aromatic carbocycles. The van der Waals surface area contributed by atoms with E-state index in [0.717, 1.165) is 38.1 Å². The van der Waals surface area contributed by atoms with Gasteiger partial charge < -0.3 is 25.3 Å². The van der Waals surface area contributed by atoms with Crippen LogP contribution in [0.4, 0.5) is 8.78 Å². The molecule has 2 aliphatic rings. The van der Waals surface area contributed by atoms with E-state index < -0.39 is 23.3 Å². The number of ether oxygens (including phenoxy) is 3. The van der Waals surface area contributed by atoms with Crippen LogP contribution in [-0.4, -0.2) is 41.2 Å². The summed E-state index contributed by atoms with van der Waals surface area (Å²) >= 11 is 0. The van der Waals surface area contributed by atoms with Crippen LogP contribution in [0.15, 0.2) is 54.9 Å². The molecule has 6 rings (SSSR count). The van der Waals surface area contributed by atoms with Crippen LogP contribution in [0.3, 0.4) is 0 Å². The van der Waals surface area contributed by atoms with E-state index in [9.17, 15) is 4.79 Å². The van der Waals surface area contributed by atoms with Crippen molar-refractivity contribution in [1.82, 2.24) is 15.3 Å². The Morgan fingerprint density at radius 1 is 0.919 bits per heavy atom. The van der Waals surface area contributed by atoms with E-state index in [-0.39, 0.29) is 40.5 Å². The van der Waals surface area contributed by atoms with Gasteiger partial charge in [0.2, 0.25) is 0 Å². The quantitative estimate of drug-likeness (QED) is 0.367. The van der Waals surface area contributed by atoms with Crippen LogP contribution >= 0.6 is 0 Å². The molecule has 0 spiro atoms. The van der Waals surface area contributed by atoms with Crippen molar-refractivity contribution in [3.8, 4) is 34.3 Å². The monoisotopic (exact) mass is 504 g/mol. The normalized spacial score (nSPS) is 15.3. The van der Waals surface area contributed by atoms with Crippen LogP contribution in [-0.2, 0) is 0 Å². The fourth-order valence-corrected chi connectivity index (χ4v) is 4.07. The minimum atomic E-state index is -0.969. The van der Waals surface area contributed by atoms with Crippen LogP contribution in [0.1, 0.15) is 23.2 Å². The van der Waals surface area contributed by atoms with Gasteiger partial charge in [0.05, 0.1) is 17.3 Å². The van der Waals surface area contributed by atoms with E-state index in [4.69, 9.17) is 19.9 Å². The molecule has 1 amide bonds. The summed E-state index contributed by atoms with van der Waals surface area (Å²) in [5.41, 5.74) is 6.16. The maximum absolute atomic E-state index is 15.2. The first kappa shape index (κ1) is 23.1. The summed E-state index contributed by atoms with van der Waals surface area (Å²) in [6.07, 6.45) is 4.71. The number of aromatic nitrogens is 2. The SMILES string of the molecule is NC(=O)c1c(OC2CC2)ccnc1-c1cc(F)c(Oc2ccnc3cc(OC4CNC4)ccc23)c(F)c1. The zero-order valence-electron chi connectivity index (χ0n) is 19.5. The summed E-state index contributed by atoms with van der Waals surface area (Å²) in [6, 6.07) is 10.4. The third kappa shape index (κ3) is 4.63. The zero-order valence-corrected chi connectivity index (χ0v) is 19.5. The molecule has 0 unspecified atom stereocenters. The first-order valence-electron chi connectivity index (χ1n) is 11.8. The van der Waals surface area contributed by atoms with Crippen molar-refractivity contribution < 1.29 is 27.8 Å². The Hall–Kier alpha value is -4.31. The van der Waals surface area contributed by atoms with E-state index in [1.807, 2.05) is 0 Å². The van der Waals surface area contributed by atoms with Crippen LogP contribution in [0, 0.1) is 11.6 Å². The highest BCUT2D eigenvalue weighted by Crippen LogP contribution is 2.38. The topological polar surface area (TPSA) is 109 Å². The molecule has 3 heterocycles. The van der Waals surface area contributed by atoms with E-state index in [1.54, 1.807) is 18.2 Å². The highest BCUT2D eigenvalue weighted by molar-refractivity contribution is 6.01. The molecule has 0 atom stereocenters. The number of hydrogen-bond donors (Lipinski definition) is 2. The number of pyridine rings is 2. The Morgan fingerprint density at radius 3 is 2.32 bits per heavy atom. The second kappa shape index (κ2) is 9.29. The molecule has 188 valence electrons. The Bertz CT molecular complexity index is 1500. The lowest BCUT2D eigenvalue weighted by molar-refractivity contribution is 0.0996. The molecule has 10 heteroatoms. The second-order valence-corrected chi connectivity index (χ2v) is 8.97. The minimum Gasteiger partial charge on any atom is -0.489 e. The third-order valence-corrected chi connectivity index (χ3v) is 6.18. The number of carbonyl (C=O) groups excluding carboxylic acids is 1. The van der Waals surface area contributed by atoms with Crippen molar-refractivity contribution in [2.24, 2.45) is 5.73 Å². The molecule has 0 radical (unpaired) electrons. The Morgan fingerprint density at radius 2 is 1.65 bits per heavy atom. The van der Waals surface area contributed by atoms with Crippen molar-refractivity contribution in [3.05, 3.63) is 72.1 Å². The van der Waals surface area contributed by atoms with Gasteiger partial charge in [0.15, 0.2) is 17.4 Å². The lowest BCUT2D eigenvalue weighted by Crippen LogP contribution is -2.50. The number of carbonyl (C=O) groups is 1. The number of nitrogens with zero attached hydrogens (tertiary/aromatic N) is 2. The van der Waals surface area contributed by atoms with Crippen molar-refractivity contribution in [3.63, 3.8) is 0 Å². The number of nitrogens with two attached hydrogens (primary N) is 1. The Kier molecular flexibility index (Phi) is 5.80. The molecule has 3 N–H and O–H groups in total. The van der Waals surface area contributed by atoms with Gasteiger partial charge in [-0.15, -0.1) is 0 Å². The molecule has 1 saturated heterocycles. The van der Waals surface area contributed by atoms with Crippen LogP contribution in [0.2, 0.25) is 0 Å². The van der Waals surface area contributed by atoms with Gasteiger partial charge >= 0.3 is 0 Å². The van der Waals surface area contributed by atoms with Crippen molar-refractivity contribution in [2.75, 3.05) is 13.1 Å². The number of halogens is 2. The molecular weight excluding hydrogens is 482 g/mol. The maximum atomic E-state index is 15.2. The smallest absolute Gasteiger partial charge is 0.254 e. The predicted octanol–water partition coefficient (Wildman–Crippen LogP) is 4.36. The Labute approximate surface area is 210 Å². The van der Waals surface area contributed by atoms with Gasteiger partial charge in [-0.1, -0.05) is 0 Å². The van der Waals surface area contributed by atoms with Gasteiger partial charge in [-0.05, 0) is 49.2 Å². The lowest BCUT2D eigenvalue weighted by atomic mass is 10.0. The maximum Gasteiger partial charge on any atom is 0.254 e. The van der Waals surface area contributed by atoms with Gasteiger partial charge in [0.25, 0.3) is 5.91 Å². The molecule has 1 aliphatic carbocycles. The van der Waals surface area contributed by atoms with Gasteiger partial charge in [-0.2, -0.15) is 0 Å². The number of benzene rings is 2. The van der Waals surface area contributed by atoms with E-state index >= 15 is 8.78 Å². The van der Waals surface area contributed by atoms with Crippen LogP contribution in [0.25, 0.3) is 22.2 Å². The summed E-state index contributed by atoms with van der Waals surface area (Å²) < 4.78 is 47.7. The average molecular weight is 504 g/mol. The fraction of sp³-hybridized carbons (Fsp3) is 0.222.